The van der Waals surface area contributed by atoms with E-state index in [4.69, 9.17) is 23.2 Å². The van der Waals surface area contributed by atoms with Crippen molar-refractivity contribution in [2.24, 2.45) is 11.3 Å². The fourth-order valence-corrected chi connectivity index (χ4v) is 7.76. The Hall–Kier alpha value is -2.08. The highest BCUT2D eigenvalue weighted by atomic mass is 35.5. The number of carbonyl (C=O) groups excluding carboxylic acids is 2. The Morgan fingerprint density at radius 3 is 2.58 bits per heavy atom. The van der Waals surface area contributed by atoms with Crippen molar-refractivity contribution in [2.75, 3.05) is 13.2 Å². The van der Waals surface area contributed by atoms with Crippen LogP contribution in [0.1, 0.15) is 79.3 Å². The summed E-state index contributed by atoms with van der Waals surface area (Å²) in [5.41, 5.74) is 2.34. The van der Waals surface area contributed by atoms with Crippen LogP contribution in [0, 0.1) is 11.3 Å². The first kappa shape index (κ1) is 25.6. The number of rotatable bonds is 5. The number of carbonyl (C=O) groups is 2. The molecule has 6 atom stereocenters. The summed E-state index contributed by atoms with van der Waals surface area (Å²) in [7, 11) is 0. The maximum absolute atomic E-state index is 13.2. The molecule has 3 aliphatic rings. The van der Waals surface area contributed by atoms with Crippen molar-refractivity contribution in [3.8, 4) is 0 Å². The lowest BCUT2D eigenvalue weighted by Gasteiger charge is -2.47. The quantitative estimate of drug-likeness (QED) is 0.516. The number of aliphatic hydroxyl groups excluding tert-OH is 1. The van der Waals surface area contributed by atoms with Crippen LogP contribution >= 0.6 is 23.2 Å². The number of fused-ring (bicyclic) bond motifs is 1. The average molecular weight is 530 g/mol. The summed E-state index contributed by atoms with van der Waals surface area (Å²) >= 11 is 13.1. The number of likely N-dealkylation sites (tertiary alicyclic amines) is 1. The summed E-state index contributed by atoms with van der Waals surface area (Å²) in [5, 5.41) is 14.2. The van der Waals surface area contributed by atoms with Gasteiger partial charge < -0.3 is 15.3 Å². The molecule has 1 aliphatic carbocycles. The minimum absolute atomic E-state index is 0.0199. The van der Waals surface area contributed by atoms with Gasteiger partial charge in [0, 0.05) is 34.1 Å². The third-order valence-electron chi connectivity index (χ3n) is 9.09. The lowest BCUT2D eigenvalue weighted by molar-refractivity contribution is -0.131. The van der Waals surface area contributed by atoms with Gasteiger partial charge in [0.1, 0.15) is 0 Å². The van der Waals surface area contributed by atoms with E-state index in [1.807, 2.05) is 24.3 Å². The van der Waals surface area contributed by atoms with Gasteiger partial charge in [-0.1, -0.05) is 48.3 Å². The molecule has 0 aromatic heterocycles. The first-order chi connectivity index (χ1) is 17.3. The lowest BCUT2D eigenvalue weighted by atomic mass is 9.54. The number of amides is 2. The molecule has 0 unspecified atom stereocenters. The Kier molecular flexibility index (Phi) is 7.10. The monoisotopic (exact) mass is 528 g/mol. The first-order valence-electron chi connectivity index (χ1n) is 13.1. The minimum atomic E-state index is -0.391. The van der Waals surface area contributed by atoms with Crippen LogP contribution < -0.4 is 5.32 Å². The summed E-state index contributed by atoms with van der Waals surface area (Å²) < 4.78 is 0. The van der Waals surface area contributed by atoms with Crippen LogP contribution in [0.2, 0.25) is 10.0 Å². The van der Waals surface area contributed by atoms with Crippen molar-refractivity contribution >= 4 is 35.0 Å². The van der Waals surface area contributed by atoms with Crippen molar-refractivity contribution < 1.29 is 14.7 Å². The third kappa shape index (κ3) is 4.13. The van der Waals surface area contributed by atoms with Crippen molar-refractivity contribution in [1.82, 2.24) is 10.2 Å². The topological polar surface area (TPSA) is 69.6 Å². The fraction of sp³-hybridized carbons (Fsp3) is 0.517. The molecule has 0 radical (unpaired) electrons. The van der Waals surface area contributed by atoms with E-state index in [1.165, 1.54) is 0 Å². The molecule has 0 bridgehead atoms. The van der Waals surface area contributed by atoms with E-state index in [-0.39, 0.29) is 48.3 Å². The summed E-state index contributed by atoms with van der Waals surface area (Å²) in [4.78, 5) is 28.1. The Morgan fingerprint density at radius 2 is 1.92 bits per heavy atom. The van der Waals surface area contributed by atoms with Gasteiger partial charge in [-0.15, -0.1) is 0 Å². The van der Waals surface area contributed by atoms with E-state index >= 15 is 0 Å². The van der Waals surface area contributed by atoms with E-state index < -0.39 is 5.41 Å². The van der Waals surface area contributed by atoms with E-state index in [0.717, 1.165) is 43.2 Å². The zero-order valence-electron chi connectivity index (χ0n) is 20.8. The number of benzene rings is 2. The molecule has 2 aromatic carbocycles. The third-order valence-corrected chi connectivity index (χ3v) is 9.67. The van der Waals surface area contributed by atoms with Crippen LogP contribution in [-0.2, 0) is 4.79 Å². The molecule has 5 nitrogen and oxygen atoms in total. The fourth-order valence-electron chi connectivity index (χ4n) is 7.31. The summed E-state index contributed by atoms with van der Waals surface area (Å²) in [6, 6.07) is 13.6. The van der Waals surface area contributed by atoms with Gasteiger partial charge in [-0.2, -0.15) is 0 Å². The van der Waals surface area contributed by atoms with Gasteiger partial charge in [0.05, 0.1) is 18.1 Å². The molecule has 7 heteroatoms. The van der Waals surface area contributed by atoms with Crippen LogP contribution in [-0.4, -0.2) is 47.1 Å². The summed E-state index contributed by atoms with van der Waals surface area (Å²) in [6.07, 6.45) is 4.17. The molecule has 2 aliphatic heterocycles. The van der Waals surface area contributed by atoms with Crippen LogP contribution in [0.3, 0.4) is 0 Å². The summed E-state index contributed by atoms with van der Waals surface area (Å²) in [6.45, 7) is 4.87. The molecule has 2 N–H and O–H groups in total. The normalized spacial score (nSPS) is 31.9. The summed E-state index contributed by atoms with van der Waals surface area (Å²) in [5.74, 6) is 0.404. The molecule has 2 amide bonds. The van der Waals surface area contributed by atoms with Gasteiger partial charge in [-0.25, -0.2) is 0 Å². The molecule has 5 rings (SSSR count). The maximum Gasteiger partial charge on any atom is 0.254 e. The minimum Gasteiger partial charge on any atom is -0.394 e. The Bertz CT molecular complexity index is 1150. The van der Waals surface area contributed by atoms with Gasteiger partial charge in [-0.05, 0) is 86.3 Å². The molecule has 3 fully saturated rings. The number of halogens is 2. The molecule has 0 spiro atoms. The number of hydrogen-bond acceptors (Lipinski definition) is 3. The molecular weight excluding hydrogens is 495 g/mol. The van der Waals surface area contributed by atoms with Crippen molar-refractivity contribution in [2.45, 2.75) is 69.9 Å². The zero-order chi connectivity index (χ0) is 25.6. The van der Waals surface area contributed by atoms with Gasteiger partial charge >= 0.3 is 0 Å². The molecule has 1 saturated carbocycles. The maximum atomic E-state index is 13.2. The van der Waals surface area contributed by atoms with Gasteiger partial charge in [0.25, 0.3) is 5.91 Å². The largest absolute Gasteiger partial charge is 0.394 e. The highest BCUT2D eigenvalue weighted by molar-refractivity contribution is 6.32. The number of hydrogen-bond donors (Lipinski definition) is 2. The van der Waals surface area contributed by atoms with Crippen LogP contribution in [0.25, 0.3) is 0 Å². The van der Waals surface area contributed by atoms with Crippen molar-refractivity contribution in [3.05, 3.63) is 69.2 Å². The van der Waals surface area contributed by atoms with Crippen molar-refractivity contribution in [3.63, 3.8) is 0 Å². The predicted octanol–water partition coefficient (Wildman–Crippen LogP) is 5.78. The van der Waals surface area contributed by atoms with E-state index in [0.29, 0.717) is 22.2 Å². The van der Waals surface area contributed by atoms with Gasteiger partial charge in [-0.3, -0.25) is 9.59 Å². The van der Waals surface area contributed by atoms with E-state index in [9.17, 15) is 14.7 Å². The number of nitrogens with zero attached hydrogens (tertiary/aromatic N) is 1. The highest BCUT2D eigenvalue weighted by Crippen LogP contribution is 2.60. The number of aliphatic hydroxyl groups is 1. The average Bonchev–Trinajstić information content (AvgIpc) is 3.46. The molecular formula is C29H34Cl2N2O3. The van der Waals surface area contributed by atoms with Crippen LogP contribution in [0.5, 0.6) is 0 Å². The molecule has 2 heterocycles. The Balaban J connectivity index is 1.53. The lowest BCUT2D eigenvalue weighted by Crippen LogP contribution is -2.43. The molecule has 192 valence electrons. The second-order valence-corrected chi connectivity index (χ2v) is 11.6. The van der Waals surface area contributed by atoms with E-state index in [2.05, 4.69) is 31.3 Å². The van der Waals surface area contributed by atoms with Gasteiger partial charge in [0.15, 0.2) is 0 Å². The second kappa shape index (κ2) is 10.00. The SMILES string of the molecule is CC[C@@]12CC[C@@H](c3ccc(C(=O)N4CCC[C@@H]4CO)cc3Cl)[C@H](c3ccc(Cl)cc3)[C@@H]1[C@@H](C)NC2=O. The van der Waals surface area contributed by atoms with Crippen LogP contribution in [0.15, 0.2) is 42.5 Å². The van der Waals surface area contributed by atoms with Gasteiger partial charge in [0.2, 0.25) is 5.91 Å². The Labute approximate surface area is 223 Å². The van der Waals surface area contributed by atoms with Crippen LogP contribution in [0.4, 0.5) is 0 Å². The van der Waals surface area contributed by atoms with E-state index in [1.54, 1.807) is 11.0 Å². The standard InChI is InChI=1S/C29H34Cl2N2O3/c1-3-29-13-12-23(25(18-6-9-20(30)10-7-18)26(29)17(2)32-28(29)36)22-11-8-19(15-24(22)31)27(35)33-14-4-5-21(33)16-34/h6-11,15,17,21,23,25-26,34H,3-5,12-14,16H2,1-2H3,(H,32,36)/t17-,21-,23+,25+,26+,29-/m1/s1. The Morgan fingerprint density at radius 1 is 1.17 bits per heavy atom. The number of nitrogens with one attached hydrogen (secondary N) is 1. The van der Waals surface area contributed by atoms with Crippen molar-refractivity contribution in [1.29, 1.82) is 0 Å². The smallest absolute Gasteiger partial charge is 0.254 e. The first-order valence-corrected chi connectivity index (χ1v) is 13.8. The second-order valence-electron chi connectivity index (χ2n) is 10.7. The predicted molar refractivity (Wildman–Crippen MR) is 143 cm³/mol. The molecule has 2 aromatic rings. The highest BCUT2D eigenvalue weighted by Gasteiger charge is 2.59. The zero-order valence-corrected chi connectivity index (χ0v) is 22.4. The molecule has 2 saturated heterocycles. The molecule has 36 heavy (non-hydrogen) atoms.